The fraction of sp³-hybridized carbons (Fsp3) is 0. The third-order valence-corrected chi connectivity index (χ3v) is 9.89. The fourth-order valence-corrected chi connectivity index (χ4v) is 7.89. The molecule has 0 N–H and O–H groups in total. The van der Waals surface area contributed by atoms with Gasteiger partial charge >= 0.3 is 0 Å². The van der Waals surface area contributed by atoms with Crippen molar-refractivity contribution in [2.45, 2.75) is 0 Å². The lowest BCUT2D eigenvalue weighted by Gasteiger charge is -2.33. The number of rotatable bonds is 2. The minimum atomic E-state index is 0.0177. The second-order valence-corrected chi connectivity index (χ2v) is 12.5. The minimum absolute atomic E-state index is 0.0177. The zero-order valence-corrected chi connectivity index (χ0v) is 25.6. The molecule has 48 heavy (non-hydrogen) atoms. The monoisotopic (exact) mass is 616 g/mol. The first-order chi connectivity index (χ1) is 23.8. The van der Waals surface area contributed by atoms with Gasteiger partial charge in [0.15, 0.2) is 11.5 Å². The van der Waals surface area contributed by atoms with Gasteiger partial charge in [-0.2, -0.15) is 0 Å². The van der Waals surface area contributed by atoms with Crippen molar-refractivity contribution in [3.8, 4) is 40.2 Å². The number of para-hydroxylation sites is 5. The Labute approximate surface area is 276 Å². The SMILES string of the molecule is c1ccc(N2c3ccccc3Oc3c2ccc2c4ccccc4n(-c4ccc5c(c4)Oc4cccc6c4B5c4ccccc4O6)c32)cc1. The van der Waals surface area contributed by atoms with Gasteiger partial charge < -0.3 is 23.7 Å². The van der Waals surface area contributed by atoms with Crippen molar-refractivity contribution in [1.82, 2.24) is 4.57 Å². The minimum Gasteiger partial charge on any atom is -0.458 e. The summed E-state index contributed by atoms with van der Waals surface area (Å²) in [6.45, 7) is 0.0177. The van der Waals surface area contributed by atoms with Crippen LogP contribution >= 0.6 is 0 Å². The first kappa shape index (κ1) is 25.8. The van der Waals surface area contributed by atoms with Crippen LogP contribution in [0.1, 0.15) is 0 Å². The second-order valence-electron chi connectivity index (χ2n) is 12.5. The summed E-state index contributed by atoms with van der Waals surface area (Å²) in [7, 11) is 0. The number of benzene rings is 7. The molecular formula is C42H25BN2O3. The highest BCUT2D eigenvalue weighted by Gasteiger charge is 2.40. The highest BCUT2D eigenvalue weighted by molar-refractivity contribution is 6.98. The van der Waals surface area contributed by atoms with Gasteiger partial charge in [-0.15, -0.1) is 0 Å². The summed E-state index contributed by atoms with van der Waals surface area (Å²) in [5.74, 6) is 5.04. The van der Waals surface area contributed by atoms with E-state index in [4.69, 9.17) is 14.2 Å². The van der Waals surface area contributed by atoms with E-state index in [9.17, 15) is 0 Å². The largest absolute Gasteiger partial charge is 0.458 e. The highest BCUT2D eigenvalue weighted by atomic mass is 16.5. The standard InChI is InChI=1S/C42H25BN2O3/c1-2-11-26(12-3-1)44-33-16-7-9-18-36(33)48-42-34(44)24-22-29-28-13-4-6-15-32(28)45(41(29)42)27-21-23-31-39(25-27)47-38-20-10-19-37-40(38)43(31)30-14-5-8-17-35(30)46-37/h1-25H. The second kappa shape index (κ2) is 9.56. The summed E-state index contributed by atoms with van der Waals surface area (Å²) in [5, 5.41) is 2.29. The van der Waals surface area contributed by atoms with Crippen LogP contribution in [0.3, 0.4) is 0 Å². The first-order valence-corrected chi connectivity index (χ1v) is 16.2. The summed E-state index contributed by atoms with van der Waals surface area (Å²) >= 11 is 0. The molecule has 4 heterocycles. The Hall–Kier alpha value is -6.40. The molecule has 0 fully saturated rings. The zero-order chi connectivity index (χ0) is 31.3. The number of aromatic nitrogens is 1. The van der Waals surface area contributed by atoms with Gasteiger partial charge in [0.1, 0.15) is 23.0 Å². The third kappa shape index (κ3) is 3.46. The first-order valence-electron chi connectivity index (χ1n) is 16.2. The van der Waals surface area contributed by atoms with E-state index in [0.717, 1.165) is 95.4 Å². The van der Waals surface area contributed by atoms with Crippen LogP contribution in [0, 0.1) is 0 Å². The molecule has 3 aliphatic heterocycles. The van der Waals surface area contributed by atoms with Gasteiger partial charge in [-0.3, -0.25) is 0 Å². The number of anilines is 3. The van der Waals surface area contributed by atoms with Crippen molar-refractivity contribution >= 4 is 62.0 Å². The molecule has 0 spiro atoms. The van der Waals surface area contributed by atoms with Gasteiger partial charge in [0.25, 0.3) is 6.71 Å². The molecule has 7 aromatic carbocycles. The summed E-state index contributed by atoms with van der Waals surface area (Å²) < 4.78 is 22.2. The van der Waals surface area contributed by atoms with Gasteiger partial charge in [0, 0.05) is 33.7 Å². The van der Waals surface area contributed by atoms with E-state index in [2.05, 4.69) is 113 Å². The molecule has 8 aromatic rings. The highest BCUT2D eigenvalue weighted by Crippen LogP contribution is 2.54. The van der Waals surface area contributed by atoms with Gasteiger partial charge in [0.05, 0.1) is 22.4 Å². The van der Waals surface area contributed by atoms with Crippen LogP contribution in [0.4, 0.5) is 17.1 Å². The van der Waals surface area contributed by atoms with Crippen LogP contribution in [-0.4, -0.2) is 11.3 Å². The Kier molecular flexibility index (Phi) is 5.13. The molecule has 224 valence electrons. The predicted molar refractivity (Wildman–Crippen MR) is 193 cm³/mol. The molecule has 0 radical (unpaired) electrons. The van der Waals surface area contributed by atoms with Crippen LogP contribution in [0.25, 0.3) is 27.5 Å². The molecule has 3 aliphatic rings. The van der Waals surface area contributed by atoms with Crippen molar-refractivity contribution in [3.05, 3.63) is 152 Å². The van der Waals surface area contributed by atoms with Crippen LogP contribution < -0.4 is 35.5 Å². The summed E-state index contributed by atoms with van der Waals surface area (Å²) in [6, 6.07) is 52.7. The average Bonchev–Trinajstić information content (AvgIpc) is 3.49. The maximum atomic E-state index is 6.88. The van der Waals surface area contributed by atoms with Crippen LogP contribution in [0.2, 0.25) is 0 Å². The lowest BCUT2D eigenvalue weighted by atomic mass is 9.35. The predicted octanol–water partition coefficient (Wildman–Crippen LogP) is 9.09. The lowest BCUT2D eigenvalue weighted by molar-refractivity contribution is 0.464. The van der Waals surface area contributed by atoms with Gasteiger partial charge in [-0.05, 0) is 77.7 Å². The van der Waals surface area contributed by atoms with E-state index in [1.165, 1.54) is 0 Å². The number of ether oxygens (including phenoxy) is 3. The molecule has 0 unspecified atom stereocenters. The fourth-order valence-electron chi connectivity index (χ4n) is 7.89. The van der Waals surface area contributed by atoms with E-state index in [0.29, 0.717) is 0 Å². The topological polar surface area (TPSA) is 35.9 Å². The Bertz CT molecular complexity index is 2630. The number of fused-ring (bicyclic) bond motifs is 10. The van der Waals surface area contributed by atoms with Crippen molar-refractivity contribution in [3.63, 3.8) is 0 Å². The Morgan fingerprint density at radius 3 is 2.04 bits per heavy atom. The molecule has 0 saturated carbocycles. The molecule has 5 nitrogen and oxygen atoms in total. The Morgan fingerprint density at radius 2 is 1.15 bits per heavy atom. The number of nitrogens with zero attached hydrogens (tertiary/aromatic N) is 2. The molecule has 1 aromatic heterocycles. The van der Waals surface area contributed by atoms with E-state index in [1.54, 1.807) is 0 Å². The van der Waals surface area contributed by atoms with Crippen molar-refractivity contribution in [2.75, 3.05) is 4.90 Å². The molecule has 0 amide bonds. The quantitative estimate of drug-likeness (QED) is 0.182. The number of hydrogen-bond acceptors (Lipinski definition) is 4. The normalized spacial score (nSPS) is 13.4. The third-order valence-electron chi connectivity index (χ3n) is 9.89. The summed E-state index contributed by atoms with van der Waals surface area (Å²) in [4.78, 5) is 2.29. The van der Waals surface area contributed by atoms with Gasteiger partial charge in [-0.25, -0.2) is 0 Å². The average molecular weight is 616 g/mol. The summed E-state index contributed by atoms with van der Waals surface area (Å²) in [5.41, 5.74) is 9.54. The van der Waals surface area contributed by atoms with E-state index >= 15 is 0 Å². The molecule has 0 atom stereocenters. The maximum absolute atomic E-state index is 6.88. The zero-order valence-electron chi connectivity index (χ0n) is 25.6. The van der Waals surface area contributed by atoms with Crippen molar-refractivity contribution in [2.24, 2.45) is 0 Å². The van der Waals surface area contributed by atoms with Gasteiger partial charge in [-0.1, -0.05) is 78.9 Å². The Balaban J connectivity index is 1.17. The van der Waals surface area contributed by atoms with Crippen molar-refractivity contribution < 1.29 is 14.2 Å². The molecule has 11 rings (SSSR count). The molecule has 0 bridgehead atoms. The lowest BCUT2D eigenvalue weighted by Crippen LogP contribution is -2.57. The molecular weight excluding hydrogens is 591 g/mol. The molecule has 0 saturated heterocycles. The molecule has 6 heteroatoms. The Morgan fingerprint density at radius 1 is 0.438 bits per heavy atom. The summed E-state index contributed by atoms with van der Waals surface area (Å²) in [6.07, 6.45) is 0. The van der Waals surface area contributed by atoms with Crippen LogP contribution in [0.5, 0.6) is 34.5 Å². The van der Waals surface area contributed by atoms with Crippen LogP contribution in [-0.2, 0) is 0 Å². The molecule has 0 aliphatic carbocycles. The van der Waals surface area contributed by atoms with Gasteiger partial charge in [0.2, 0.25) is 0 Å². The smallest absolute Gasteiger partial charge is 0.260 e. The van der Waals surface area contributed by atoms with Crippen molar-refractivity contribution in [1.29, 1.82) is 0 Å². The van der Waals surface area contributed by atoms with E-state index < -0.39 is 0 Å². The van der Waals surface area contributed by atoms with E-state index in [-0.39, 0.29) is 6.71 Å². The maximum Gasteiger partial charge on any atom is 0.260 e. The van der Waals surface area contributed by atoms with E-state index in [1.807, 2.05) is 48.5 Å². The number of hydrogen-bond donors (Lipinski definition) is 0. The van der Waals surface area contributed by atoms with Crippen LogP contribution in [0.15, 0.2) is 152 Å².